The third kappa shape index (κ3) is 4.81. The molecule has 0 unspecified atom stereocenters. The SMILES string of the molecule is CC[C@@H](OC(=O)c1cc(C)nc2ccccc12)C(=O)Nc1ccc(S(N)(=O)=O)cc1. The number of ether oxygens (including phenoxy) is 1. The third-order valence-electron chi connectivity index (χ3n) is 4.43. The standard InChI is InChI=1S/C21H21N3O5S/c1-3-19(20(25)24-14-8-10-15(11-9-14)30(22,27)28)29-21(26)17-12-13(2)23-18-7-5-4-6-16(17)18/h4-12,19H,3H2,1-2H3,(H,24,25)(H2,22,27,28)/t19-/m1/s1. The van der Waals surface area contributed by atoms with Crippen molar-refractivity contribution in [2.45, 2.75) is 31.3 Å². The Hall–Kier alpha value is -3.30. The molecular formula is C21H21N3O5S. The first-order valence-corrected chi connectivity index (χ1v) is 10.7. The number of nitrogens with zero attached hydrogens (tertiary/aromatic N) is 1. The lowest BCUT2D eigenvalue weighted by molar-refractivity contribution is -0.124. The molecule has 1 amide bonds. The molecule has 9 heteroatoms. The van der Waals surface area contributed by atoms with Gasteiger partial charge in [-0.15, -0.1) is 0 Å². The zero-order valence-corrected chi connectivity index (χ0v) is 17.3. The van der Waals surface area contributed by atoms with Crippen LogP contribution in [0.15, 0.2) is 59.5 Å². The molecule has 3 rings (SSSR count). The van der Waals surface area contributed by atoms with Gasteiger partial charge in [-0.25, -0.2) is 18.4 Å². The molecule has 0 bridgehead atoms. The quantitative estimate of drug-likeness (QED) is 0.582. The summed E-state index contributed by atoms with van der Waals surface area (Å²) in [5, 5.41) is 8.31. The van der Waals surface area contributed by atoms with Gasteiger partial charge in [0.05, 0.1) is 16.0 Å². The molecule has 0 saturated carbocycles. The fraction of sp³-hybridized carbons (Fsp3) is 0.190. The van der Waals surface area contributed by atoms with E-state index in [4.69, 9.17) is 9.88 Å². The maximum atomic E-state index is 12.8. The Bertz CT molecular complexity index is 1210. The molecular weight excluding hydrogens is 406 g/mol. The highest BCUT2D eigenvalue weighted by molar-refractivity contribution is 7.89. The van der Waals surface area contributed by atoms with Crippen LogP contribution in [0.5, 0.6) is 0 Å². The zero-order valence-electron chi connectivity index (χ0n) is 16.5. The van der Waals surface area contributed by atoms with Crippen molar-refractivity contribution < 1.29 is 22.7 Å². The lowest BCUT2D eigenvalue weighted by Crippen LogP contribution is -2.32. The fourth-order valence-corrected chi connectivity index (χ4v) is 3.46. The smallest absolute Gasteiger partial charge is 0.339 e. The van der Waals surface area contributed by atoms with Crippen molar-refractivity contribution in [2.75, 3.05) is 5.32 Å². The van der Waals surface area contributed by atoms with Gasteiger partial charge < -0.3 is 10.1 Å². The normalized spacial score (nSPS) is 12.4. The van der Waals surface area contributed by atoms with Crippen molar-refractivity contribution in [3.8, 4) is 0 Å². The van der Waals surface area contributed by atoms with Gasteiger partial charge in [-0.1, -0.05) is 25.1 Å². The number of fused-ring (bicyclic) bond motifs is 1. The van der Waals surface area contributed by atoms with E-state index in [1.54, 1.807) is 38.1 Å². The monoisotopic (exact) mass is 427 g/mol. The number of pyridine rings is 1. The number of aryl methyl sites for hydroxylation is 1. The number of rotatable bonds is 6. The molecule has 0 saturated heterocycles. The second-order valence-electron chi connectivity index (χ2n) is 6.69. The lowest BCUT2D eigenvalue weighted by Gasteiger charge is -2.17. The van der Waals surface area contributed by atoms with E-state index < -0.39 is 28.0 Å². The van der Waals surface area contributed by atoms with E-state index in [0.717, 1.165) is 0 Å². The van der Waals surface area contributed by atoms with E-state index in [1.807, 2.05) is 6.07 Å². The first-order chi connectivity index (χ1) is 14.2. The fourth-order valence-electron chi connectivity index (χ4n) is 2.94. The molecule has 0 spiro atoms. The van der Waals surface area contributed by atoms with Crippen LogP contribution in [0.25, 0.3) is 10.9 Å². The van der Waals surface area contributed by atoms with Crippen LogP contribution >= 0.6 is 0 Å². The summed E-state index contributed by atoms with van der Waals surface area (Å²) in [7, 11) is -3.82. The van der Waals surface area contributed by atoms with Crippen LogP contribution in [0.4, 0.5) is 5.69 Å². The third-order valence-corrected chi connectivity index (χ3v) is 5.36. The van der Waals surface area contributed by atoms with Crippen LogP contribution in [0, 0.1) is 6.92 Å². The summed E-state index contributed by atoms with van der Waals surface area (Å²) in [4.78, 5) is 29.7. The summed E-state index contributed by atoms with van der Waals surface area (Å²) >= 11 is 0. The molecule has 156 valence electrons. The molecule has 0 aliphatic rings. The minimum Gasteiger partial charge on any atom is -0.449 e. The summed E-state index contributed by atoms with van der Waals surface area (Å²) < 4.78 is 28.1. The second kappa shape index (κ2) is 8.60. The van der Waals surface area contributed by atoms with Crippen LogP contribution in [-0.2, 0) is 19.6 Å². The Balaban J connectivity index is 1.77. The highest BCUT2D eigenvalue weighted by Gasteiger charge is 2.23. The maximum absolute atomic E-state index is 12.8. The van der Waals surface area contributed by atoms with Crippen LogP contribution in [-0.4, -0.2) is 31.4 Å². The summed E-state index contributed by atoms with van der Waals surface area (Å²) in [5.41, 5.74) is 2.01. The summed E-state index contributed by atoms with van der Waals surface area (Å²) in [6.07, 6.45) is -0.767. The van der Waals surface area contributed by atoms with Gasteiger partial charge in [-0.05, 0) is 49.7 Å². The zero-order chi connectivity index (χ0) is 21.9. The summed E-state index contributed by atoms with van der Waals surface area (Å²) in [5.74, 6) is -1.15. The molecule has 8 nitrogen and oxygen atoms in total. The molecule has 2 aromatic carbocycles. The predicted octanol–water partition coefficient (Wildman–Crippen LogP) is 2.76. The lowest BCUT2D eigenvalue weighted by atomic mass is 10.1. The molecule has 0 radical (unpaired) electrons. The molecule has 1 aromatic heterocycles. The number of carbonyl (C=O) groups is 2. The molecule has 0 fully saturated rings. The van der Waals surface area contributed by atoms with Crippen molar-refractivity contribution in [3.05, 3.63) is 65.9 Å². The van der Waals surface area contributed by atoms with Gasteiger partial charge in [0.25, 0.3) is 5.91 Å². The number of benzene rings is 2. The van der Waals surface area contributed by atoms with E-state index in [1.165, 1.54) is 24.3 Å². The molecule has 30 heavy (non-hydrogen) atoms. The van der Waals surface area contributed by atoms with Crippen molar-refractivity contribution >= 4 is 38.5 Å². The summed E-state index contributed by atoms with van der Waals surface area (Å²) in [6.45, 7) is 3.50. The van der Waals surface area contributed by atoms with Gasteiger partial charge in [-0.3, -0.25) is 9.78 Å². The number of carbonyl (C=O) groups excluding carboxylic acids is 2. The van der Waals surface area contributed by atoms with E-state index in [0.29, 0.717) is 27.8 Å². The number of aromatic nitrogens is 1. The average Bonchev–Trinajstić information content (AvgIpc) is 2.70. The van der Waals surface area contributed by atoms with Crippen molar-refractivity contribution in [2.24, 2.45) is 5.14 Å². The molecule has 0 aliphatic carbocycles. The number of nitrogens with one attached hydrogen (secondary N) is 1. The van der Waals surface area contributed by atoms with Crippen molar-refractivity contribution in [3.63, 3.8) is 0 Å². The second-order valence-corrected chi connectivity index (χ2v) is 8.25. The van der Waals surface area contributed by atoms with Gasteiger partial charge in [0, 0.05) is 16.8 Å². The molecule has 0 aliphatic heterocycles. The van der Waals surface area contributed by atoms with Gasteiger partial charge in [0.2, 0.25) is 10.0 Å². The average molecular weight is 427 g/mol. The predicted molar refractivity (Wildman–Crippen MR) is 112 cm³/mol. The van der Waals surface area contributed by atoms with Crippen molar-refractivity contribution in [1.29, 1.82) is 0 Å². The van der Waals surface area contributed by atoms with Gasteiger partial charge in [0.15, 0.2) is 6.10 Å². The number of anilines is 1. The van der Waals surface area contributed by atoms with Crippen LogP contribution in [0.3, 0.4) is 0 Å². The van der Waals surface area contributed by atoms with Gasteiger partial charge in [0.1, 0.15) is 0 Å². The Kier molecular flexibility index (Phi) is 6.14. The molecule has 1 heterocycles. The van der Waals surface area contributed by atoms with Gasteiger partial charge >= 0.3 is 5.97 Å². The minimum atomic E-state index is -3.82. The van der Waals surface area contributed by atoms with Gasteiger partial charge in [-0.2, -0.15) is 0 Å². The van der Waals surface area contributed by atoms with Crippen LogP contribution < -0.4 is 10.5 Å². The molecule has 3 aromatic rings. The Labute approximate surface area is 174 Å². The van der Waals surface area contributed by atoms with E-state index in [-0.39, 0.29) is 11.3 Å². The van der Waals surface area contributed by atoms with Crippen LogP contribution in [0.2, 0.25) is 0 Å². The number of nitrogens with two attached hydrogens (primary N) is 1. The topological polar surface area (TPSA) is 128 Å². The van der Waals surface area contributed by atoms with Crippen molar-refractivity contribution in [1.82, 2.24) is 4.98 Å². The summed E-state index contributed by atoms with van der Waals surface area (Å²) in [6, 6.07) is 14.2. The minimum absolute atomic E-state index is 0.0705. The number of primary sulfonamides is 1. The first kappa shape index (κ1) is 21.4. The molecule has 3 N–H and O–H groups in total. The number of hydrogen-bond acceptors (Lipinski definition) is 6. The number of hydrogen-bond donors (Lipinski definition) is 2. The van der Waals surface area contributed by atoms with E-state index >= 15 is 0 Å². The van der Waals surface area contributed by atoms with Crippen LogP contribution in [0.1, 0.15) is 29.4 Å². The van der Waals surface area contributed by atoms with E-state index in [9.17, 15) is 18.0 Å². The Morgan fingerprint density at radius 1 is 1.13 bits per heavy atom. The van der Waals surface area contributed by atoms with E-state index in [2.05, 4.69) is 10.3 Å². The Morgan fingerprint density at radius 2 is 1.80 bits per heavy atom. The Morgan fingerprint density at radius 3 is 2.43 bits per heavy atom. The number of esters is 1. The molecule has 1 atom stereocenters. The highest BCUT2D eigenvalue weighted by atomic mass is 32.2. The number of para-hydroxylation sites is 1. The number of amides is 1. The number of sulfonamides is 1. The first-order valence-electron chi connectivity index (χ1n) is 9.20. The highest BCUT2D eigenvalue weighted by Crippen LogP contribution is 2.20. The largest absolute Gasteiger partial charge is 0.449 e. The maximum Gasteiger partial charge on any atom is 0.339 e.